The van der Waals surface area contributed by atoms with Crippen molar-refractivity contribution in [3.8, 4) is 0 Å². The summed E-state index contributed by atoms with van der Waals surface area (Å²) in [7, 11) is 4.23. The van der Waals surface area contributed by atoms with Gasteiger partial charge in [0.25, 0.3) is 0 Å². The molecular formula is C10H24N2. The first-order valence-corrected chi connectivity index (χ1v) is 5.00. The monoisotopic (exact) mass is 172 g/mol. The molecule has 0 aromatic heterocycles. The molecule has 0 spiro atoms. The predicted octanol–water partition coefficient (Wildman–Crippen LogP) is 1.71. The van der Waals surface area contributed by atoms with Crippen molar-refractivity contribution in [2.75, 3.05) is 20.6 Å². The first-order chi connectivity index (χ1) is 5.60. The van der Waals surface area contributed by atoms with Gasteiger partial charge in [0, 0.05) is 18.6 Å². The molecule has 0 aliphatic carbocycles. The van der Waals surface area contributed by atoms with Crippen molar-refractivity contribution in [3.63, 3.8) is 0 Å². The molecule has 1 atom stereocenters. The van der Waals surface area contributed by atoms with Crippen molar-refractivity contribution in [3.05, 3.63) is 0 Å². The zero-order valence-electron chi connectivity index (χ0n) is 9.22. The van der Waals surface area contributed by atoms with Crippen molar-refractivity contribution in [1.82, 2.24) is 10.2 Å². The third-order valence-corrected chi connectivity index (χ3v) is 2.14. The summed E-state index contributed by atoms with van der Waals surface area (Å²) in [6.45, 7) is 7.85. The second kappa shape index (κ2) is 6.44. The topological polar surface area (TPSA) is 15.3 Å². The van der Waals surface area contributed by atoms with Gasteiger partial charge in [0.1, 0.15) is 0 Å². The van der Waals surface area contributed by atoms with E-state index in [1.54, 1.807) is 0 Å². The maximum Gasteiger partial charge on any atom is 0.0169 e. The minimum Gasteiger partial charge on any atom is -0.310 e. The Bertz CT molecular complexity index is 98.0. The molecule has 0 aromatic rings. The summed E-state index contributed by atoms with van der Waals surface area (Å²) in [6, 6.07) is 1.30. The summed E-state index contributed by atoms with van der Waals surface area (Å²) in [5.41, 5.74) is 0. The fraction of sp³-hybridized carbons (Fsp3) is 1.00. The second-order valence-corrected chi connectivity index (χ2v) is 3.84. The van der Waals surface area contributed by atoms with Crippen LogP contribution in [-0.4, -0.2) is 37.6 Å². The molecule has 0 amide bonds. The van der Waals surface area contributed by atoms with Gasteiger partial charge in [-0.1, -0.05) is 13.8 Å². The van der Waals surface area contributed by atoms with Gasteiger partial charge in [0.2, 0.25) is 0 Å². The standard InChI is InChI=1S/C10H24N2/c1-6-10(7-2)11-9(3)8-12(4)5/h9-11H,6-8H2,1-5H3. The van der Waals surface area contributed by atoms with Crippen LogP contribution in [0, 0.1) is 0 Å². The molecule has 12 heavy (non-hydrogen) atoms. The highest BCUT2D eigenvalue weighted by atomic mass is 15.1. The molecule has 0 aliphatic rings. The van der Waals surface area contributed by atoms with Gasteiger partial charge in [-0.15, -0.1) is 0 Å². The molecule has 1 unspecified atom stereocenters. The minimum atomic E-state index is 0.602. The van der Waals surface area contributed by atoms with Crippen LogP contribution in [0.4, 0.5) is 0 Å². The number of nitrogens with one attached hydrogen (secondary N) is 1. The highest BCUT2D eigenvalue weighted by molar-refractivity contribution is 4.70. The van der Waals surface area contributed by atoms with E-state index in [0.29, 0.717) is 12.1 Å². The lowest BCUT2D eigenvalue weighted by Crippen LogP contribution is -2.41. The highest BCUT2D eigenvalue weighted by Gasteiger charge is 2.08. The third-order valence-electron chi connectivity index (χ3n) is 2.14. The van der Waals surface area contributed by atoms with Crippen molar-refractivity contribution in [1.29, 1.82) is 0 Å². The first kappa shape index (κ1) is 11.9. The molecule has 0 saturated carbocycles. The Morgan fingerprint density at radius 2 is 1.67 bits per heavy atom. The van der Waals surface area contributed by atoms with Crippen LogP contribution in [0.15, 0.2) is 0 Å². The molecule has 0 bridgehead atoms. The SMILES string of the molecule is CCC(CC)NC(C)CN(C)C. The van der Waals surface area contributed by atoms with E-state index in [-0.39, 0.29) is 0 Å². The minimum absolute atomic E-state index is 0.602. The summed E-state index contributed by atoms with van der Waals surface area (Å²) in [4.78, 5) is 2.22. The maximum atomic E-state index is 3.61. The molecule has 0 heterocycles. The third kappa shape index (κ3) is 5.56. The largest absolute Gasteiger partial charge is 0.310 e. The Morgan fingerprint density at radius 3 is 2.00 bits per heavy atom. The lowest BCUT2D eigenvalue weighted by molar-refractivity contribution is 0.322. The van der Waals surface area contributed by atoms with Crippen LogP contribution >= 0.6 is 0 Å². The summed E-state index contributed by atoms with van der Waals surface area (Å²) in [5.74, 6) is 0. The van der Waals surface area contributed by atoms with Crippen LogP contribution in [0.3, 0.4) is 0 Å². The van der Waals surface area contributed by atoms with Crippen LogP contribution in [0.5, 0.6) is 0 Å². The van der Waals surface area contributed by atoms with Crippen LogP contribution in [0.1, 0.15) is 33.6 Å². The van der Waals surface area contributed by atoms with Crippen molar-refractivity contribution >= 4 is 0 Å². The lowest BCUT2D eigenvalue weighted by Gasteiger charge is -2.23. The molecule has 0 fully saturated rings. The van der Waals surface area contributed by atoms with Gasteiger partial charge in [0.05, 0.1) is 0 Å². The highest BCUT2D eigenvalue weighted by Crippen LogP contribution is 1.98. The lowest BCUT2D eigenvalue weighted by atomic mass is 10.1. The molecule has 0 aromatic carbocycles. The Hall–Kier alpha value is -0.0800. The Morgan fingerprint density at radius 1 is 1.17 bits per heavy atom. The van der Waals surface area contributed by atoms with Crippen molar-refractivity contribution in [2.24, 2.45) is 0 Å². The predicted molar refractivity (Wildman–Crippen MR) is 55.5 cm³/mol. The van der Waals surface area contributed by atoms with Gasteiger partial charge in [-0.25, -0.2) is 0 Å². The zero-order chi connectivity index (χ0) is 9.56. The van der Waals surface area contributed by atoms with Gasteiger partial charge < -0.3 is 10.2 Å². The van der Waals surface area contributed by atoms with E-state index in [1.807, 2.05) is 0 Å². The number of nitrogens with zero attached hydrogens (tertiary/aromatic N) is 1. The van der Waals surface area contributed by atoms with Crippen molar-refractivity contribution in [2.45, 2.75) is 45.7 Å². The van der Waals surface area contributed by atoms with Gasteiger partial charge in [-0.05, 0) is 33.9 Å². The summed E-state index contributed by atoms with van der Waals surface area (Å²) < 4.78 is 0. The molecule has 2 heteroatoms. The number of hydrogen-bond acceptors (Lipinski definition) is 2. The Labute approximate surface area is 77.3 Å². The van der Waals surface area contributed by atoms with E-state index in [9.17, 15) is 0 Å². The molecule has 0 rings (SSSR count). The molecular weight excluding hydrogens is 148 g/mol. The number of hydrogen-bond donors (Lipinski definition) is 1. The molecule has 2 nitrogen and oxygen atoms in total. The van der Waals surface area contributed by atoms with Crippen LogP contribution < -0.4 is 5.32 Å². The molecule has 1 N–H and O–H groups in total. The average molecular weight is 172 g/mol. The smallest absolute Gasteiger partial charge is 0.0169 e. The van der Waals surface area contributed by atoms with Crippen LogP contribution in [-0.2, 0) is 0 Å². The summed E-state index contributed by atoms with van der Waals surface area (Å²) in [6.07, 6.45) is 2.46. The fourth-order valence-corrected chi connectivity index (χ4v) is 1.53. The van der Waals surface area contributed by atoms with E-state index in [4.69, 9.17) is 0 Å². The molecule has 0 radical (unpaired) electrons. The fourth-order valence-electron chi connectivity index (χ4n) is 1.53. The van der Waals surface area contributed by atoms with Gasteiger partial charge >= 0.3 is 0 Å². The maximum absolute atomic E-state index is 3.61. The quantitative estimate of drug-likeness (QED) is 0.656. The van der Waals surface area contributed by atoms with Gasteiger partial charge in [-0.2, -0.15) is 0 Å². The summed E-state index contributed by atoms with van der Waals surface area (Å²) >= 11 is 0. The van der Waals surface area contributed by atoms with Crippen molar-refractivity contribution < 1.29 is 0 Å². The van der Waals surface area contributed by atoms with Gasteiger partial charge in [-0.3, -0.25) is 0 Å². The van der Waals surface area contributed by atoms with Gasteiger partial charge in [0.15, 0.2) is 0 Å². The Kier molecular flexibility index (Phi) is 6.39. The van der Waals surface area contributed by atoms with E-state index in [2.05, 4.69) is 45.1 Å². The first-order valence-electron chi connectivity index (χ1n) is 5.00. The molecule has 0 aliphatic heterocycles. The van der Waals surface area contributed by atoms with Crippen LogP contribution in [0.25, 0.3) is 0 Å². The summed E-state index contributed by atoms with van der Waals surface area (Å²) in [5, 5.41) is 3.61. The zero-order valence-corrected chi connectivity index (χ0v) is 9.22. The molecule has 74 valence electrons. The average Bonchev–Trinajstić information content (AvgIpc) is 1.98. The van der Waals surface area contributed by atoms with E-state index < -0.39 is 0 Å². The van der Waals surface area contributed by atoms with E-state index >= 15 is 0 Å². The molecule has 0 saturated heterocycles. The van der Waals surface area contributed by atoms with E-state index in [0.717, 1.165) is 6.54 Å². The normalized spacial score (nSPS) is 14.2. The second-order valence-electron chi connectivity index (χ2n) is 3.84. The number of rotatable bonds is 6. The van der Waals surface area contributed by atoms with Crippen LogP contribution in [0.2, 0.25) is 0 Å². The number of likely N-dealkylation sites (N-methyl/N-ethyl adjacent to an activating group) is 1. The van der Waals surface area contributed by atoms with E-state index in [1.165, 1.54) is 12.8 Å². The Balaban J connectivity index is 3.58.